The molecule has 1 amide bonds. The van der Waals surface area contributed by atoms with Crippen LogP contribution in [0.4, 0.5) is 0 Å². The molecule has 0 saturated heterocycles. The molecule has 0 aliphatic carbocycles. The van der Waals surface area contributed by atoms with Gasteiger partial charge in [0.25, 0.3) is 0 Å². The van der Waals surface area contributed by atoms with Crippen LogP contribution in [0.2, 0.25) is 0 Å². The van der Waals surface area contributed by atoms with Crippen molar-refractivity contribution < 1.29 is 25.2 Å². The van der Waals surface area contributed by atoms with Crippen molar-refractivity contribution in [3.63, 3.8) is 0 Å². The van der Waals surface area contributed by atoms with Crippen LogP contribution in [0.25, 0.3) is 0 Å². The summed E-state index contributed by atoms with van der Waals surface area (Å²) in [5.74, 6) is -0.585. The van der Waals surface area contributed by atoms with E-state index >= 15 is 0 Å². The molecule has 0 saturated carbocycles. The first kappa shape index (κ1) is 39.3. The smallest absolute Gasteiger partial charge is 0.249 e. The first-order valence-electron chi connectivity index (χ1n) is 17.4. The second-order valence-corrected chi connectivity index (χ2v) is 12.2. The van der Waals surface area contributed by atoms with Crippen molar-refractivity contribution in [3.8, 4) is 0 Å². The molecular formula is C34H69NO5. The van der Waals surface area contributed by atoms with E-state index in [2.05, 4.69) is 19.2 Å². The number of aliphatic hydroxyl groups is 4. The van der Waals surface area contributed by atoms with Crippen LogP contribution in [-0.2, 0) is 4.79 Å². The lowest BCUT2D eigenvalue weighted by atomic mass is 9.99. The van der Waals surface area contributed by atoms with Crippen molar-refractivity contribution >= 4 is 5.91 Å². The Bertz CT molecular complexity index is 532. The molecule has 0 radical (unpaired) electrons. The first-order chi connectivity index (χ1) is 19.5. The van der Waals surface area contributed by atoms with Crippen LogP contribution >= 0.6 is 0 Å². The van der Waals surface area contributed by atoms with Gasteiger partial charge in [0.05, 0.1) is 18.8 Å². The van der Waals surface area contributed by atoms with Crippen molar-refractivity contribution in [1.82, 2.24) is 5.32 Å². The third kappa shape index (κ3) is 24.0. The molecule has 0 aromatic carbocycles. The van der Waals surface area contributed by atoms with Crippen LogP contribution in [0.5, 0.6) is 0 Å². The predicted molar refractivity (Wildman–Crippen MR) is 168 cm³/mol. The molecular weight excluding hydrogens is 502 g/mol. The number of hydrogen-bond donors (Lipinski definition) is 5. The highest BCUT2D eigenvalue weighted by Gasteiger charge is 2.28. The van der Waals surface area contributed by atoms with Crippen LogP contribution in [0.1, 0.15) is 181 Å². The van der Waals surface area contributed by atoms with Crippen molar-refractivity contribution in [2.45, 2.75) is 205 Å². The van der Waals surface area contributed by atoms with Crippen LogP contribution in [-0.4, -0.2) is 57.3 Å². The number of rotatable bonds is 31. The number of carbonyl (C=O) groups excluding carboxylic acids is 1. The van der Waals surface area contributed by atoms with Gasteiger partial charge in [0, 0.05) is 0 Å². The number of carbonyl (C=O) groups is 1. The molecule has 0 aliphatic heterocycles. The Balaban J connectivity index is 3.83. The molecule has 0 heterocycles. The summed E-state index contributed by atoms with van der Waals surface area (Å²) in [4.78, 5) is 12.4. The Morgan fingerprint density at radius 3 is 1.20 bits per heavy atom. The van der Waals surface area contributed by atoms with Crippen LogP contribution in [0, 0.1) is 0 Å². The largest absolute Gasteiger partial charge is 0.394 e. The van der Waals surface area contributed by atoms with Gasteiger partial charge in [0.2, 0.25) is 5.91 Å². The minimum Gasteiger partial charge on any atom is -0.394 e. The molecule has 5 N–H and O–H groups in total. The number of unbranched alkanes of at least 4 members (excludes halogenated alkanes) is 22. The summed E-state index contributed by atoms with van der Waals surface area (Å²) in [6, 6.07) is -0.976. The topological polar surface area (TPSA) is 110 Å². The van der Waals surface area contributed by atoms with E-state index in [4.69, 9.17) is 0 Å². The van der Waals surface area contributed by atoms with E-state index in [0.717, 1.165) is 38.5 Å². The maximum atomic E-state index is 12.4. The second-order valence-electron chi connectivity index (χ2n) is 12.2. The average molecular weight is 572 g/mol. The second kappa shape index (κ2) is 29.8. The molecule has 0 fully saturated rings. The normalized spacial score (nSPS) is 14.7. The van der Waals surface area contributed by atoms with Gasteiger partial charge in [-0.1, -0.05) is 168 Å². The molecule has 40 heavy (non-hydrogen) atoms. The van der Waals surface area contributed by atoms with Gasteiger partial charge in [-0.25, -0.2) is 0 Å². The summed E-state index contributed by atoms with van der Waals surface area (Å²) in [5.41, 5.74) is 0. The zero-order valence-electron chi connectivity index (χ0n) is 26.6. The summed E-state index contributed by atoms with van der Waals surface area (Å²) >= 11 is 0. The fourth-order valence-electron chi connectivity index (χ4n) is 5.46. The Kier molecular flexibility index (Phi) is 29.3. The maximum absolute atomic E-state index is 12.4. The molecule has 4 unspecified atom stereocenters. The average Bonchev–Trinajstić information content (AvgIpc) is 2.96. The molecule has 0 aromatic rings. The highest BCUT2D eigenvalue weighted by atomic mass is 16.3. The first-order valence-corrected chi connectivity index (χ1v) is 17.4. The fourth-order valence-corrected chi connectivity index (χ4v) is 5.46. The van der Waals surface area contributed by atoms with Crippen LogP contribution < -0.4 is 5.32 Å². The third-order valence-electron chi connectivity index (χ3n) is 8.32. The molecule has 0 aliphatic rings. The number of amides is 1. The zero-order chi connectivity index (χ0) is 29.7. The fraction of sp³-hybridized carbons (Fsp3) is 0.971. The number of nitrogens with one attached hydrogen (secondary N) is 1. The van der Waals surface area contributed by atoms with E-state index in [1.807, 2.05) is 0 Å². The highest BCUT2D eigenvalue weighted by molar-refractivity contribution is 5.80. The van der Waals surface area contributed by atoms with Gasteiger partial charge in [-0.2, -0.15) is 0 Å². The highest BCUT2D eigenvalue weighted by Crippen LogP contribution is 2.16. The van der Waals surface area contributed by atoms with Crippen molar-refractivity contribution in [1.29, 1.82) is 0 Å². The maximum Gasteiger partial charge on any atom is 0.249 e. The standard InChI is InChI=1S/C34H69NO5/c1-3-5-7-9-11-13-15-16-18-19-21-23-25-27-31(37)33(39)30(29-36)35-34(40)32(38)28-26-24-22-20-17-14-12-10-8-6-4-2/h30-33,36-39H,3-29H2,1-2H3,(H,35,40). The third-order valence-corrected chi connectivity index (χ3v) is 8.32. The van der Waals surface area contributed by atoms with Gasteiger partial charge in [-0.15, -0.1) is 0 Å². The summed E-state index contributed by atoms with van der Waals surface area (Å²) < 4.78 is 0. The minimum absolute atomic E-state index is 0.374. The predicted octanol–water partition coefficient (Wildman–Crippen LogP) is 7.73. The molecule has 4 atom stereocenters. The SMILES string of the molecule is CCCCCCCCCCCCCCCC(O)C(O)C(CO)NC(=O)C(O)CCCCCCCCCCCCC. The molecule has 0 aromatic heterocycles. The molecule has 0 spiro atoms. The minimum atomic E-state index is -1.25. The van der Waals surface area contributed by atoms with E-state index in [1.165, 1.54) is 116 Å². The molecule has 6 nitrogen and oxygen atoms in total. The summed E-state index contributed by atoms with van der Waals surface area (Å²) in [6.45, 7) is 4.01. The lowest BCUT2D eigenvalue weighted by Gasteiger charge is -2.27. The number of hydrogen-bond acceptors (Lipinski definition) is 5. The Hall–Kier alpha value is -0.690. The Morgan fingerprint density at radius 2 is 0.850 bits per heavy atom. The van der Waals surface area contributed by atoms with Crippen molar-refractivity contribution in [3.05, 3.63) is 0 Å². The molecule has 0 bridgehead atoms. The van der Waals surface area contributed by atoms with Crippen molar-refractivity contribution in [2.75, 3.05) is 6.61 Å². The van der Waals surface area contributed by atoms with Gasteiger partial charge in [0.15, 0.2) is 0 Å². The van der Waals surface area contributed by atoms with Crippen LogP contribution in [0.3, 0.4) is 0 Å². The molecule has 240 valence electrons. The van der Waals surface area contributed by atoms with Gasteiger partial charge in [-0.3, -0.25) is 4.79 Å². The summed E-state index contributed by atoms with van der Waals surface area (Å²) in [5, 5.41) is 43.3. The van der Waals surface area contributed by atoms with E-state index in [9.17, 15) is 25.2 Å². The van der Waals surface area contributed by atoms with Gasteiger partial charge < -0.3 is 25.7 Å². The monoisotopic (exact) mass is 572 g/mol. The lowest BCUT2D eigenvalue weighted by molar-refractivity contribution is -0.132. The van der Waals surface area contributed by atoms with E-state index in [1.54, 1.807) is 0 Å². The molecule has 6 heteroatoms. The Labute approximate surface area is 248 Å². The zero-order valence-corrected chi connectivity index (χ0v) is 26.6. The van der Waals surface area contributed by atoms with Crippen LogP contribution in [0.15, 0.2) is 0 Å². The van der Waals surface area contributed by atoms with E-state index in [0.29, 0.717) is 12.8 Å². The Morgan fingerprint density at radius 1 is 0.525 bits per heavy atom. The quantitative estimate of drug-likeness (QED) is 0.0547. The lowest BCUT2D eigenvalue weighted by Crippen LogP contribution is -2.53. The van der Waals surface area contributed by atoms with Gasteiger partial charge in [-0.05, 0) is 12.8 Å². The summed E-state index contributed by atoms with van der Waals surface area (Å²) in [6.07, 6.45) is 26.9. The van der Waals surface area contributed by atoms with Crippen molar-refractivity contribution in [2.24, 2.45) is 0 Å². The molecule has 0 rings (SSSR count). The van der Waals surface area contributed by atoms with E-state index in [-0.39, 0.29) is 0 Å². The van der Waals surface area contributed by atoms with E-state index < -0.39 is 36.9 Å². The van der Waals surface area contributed by atoms with Gasteiger partial charge >= 0.3 is 0 Å². The van der Waals surface area contributed by atoms with Gasteiger partial charge in [0.1, 0.15) is 12.2 Å². The summed E-state index contributed by atoms with van der Waals surface area (Å²) in [7, 11) is 0. The number of aliphatic hydroxyl groups excluding tert-OH is 4.